The number of rotatable bonds is 12. The smallest absolute Gasteiger partial charge is 0.306 e. The molecule has 3 aliphatic heterocycles. The largest absolute Gasteiger partial charge is 0.393 e. The molecule has 0 unspecified atom stereocenters. The predicted molar refractivity (Wildman–Crippen MR) is 157 cm³/mol. The SMILES string of the molecule is C=C(C)[C@]12C[C@@H](C)[C@@]34O[C@](/C=C/C=C\C(=O)CCCCCCCC)(O[C@@H]1[C@@H]3[C@@H]1O[C@]1(CO)[C@@H](O)[C@]1(O)C(=O)C(C)=C[C@H]14)O2. The van der Waals surface area contributed by atoms with E-state index in [9.17, 15) is 24.9 Å². The van der Waals surface area contributed by atoms with Crippen LogP contribution in [0.1, 0.15) is 79.1 Å². The molecule has 0 spiro atoms. The molecule has 3 saturated heterocycles. The summed E-state index contributed by atoms with van der Waals surface area (Å²) >= 11 is 0. The molecular formula is C34H46O9. The molecule has 11 atom stereocenters. The third-order valence-electron chi connectivity index (χ3n) is 11.1. The molecule has 6 aliphatic rings. The monoisotopic (exact) mass is 598 g/mol. The summed E-state index contributed by atoms with van der Waals surface area (Å²) in [5, 5.41) is 34.2. The van der Waals surface area contributed by atoms with E-state index in [1.165, 1.54) is 25.3 Å². The van der Waals surface area contributed by atoms with Crippen LogP contribution in [0.2, 0.25) is 0 Å². The summed E-state index contributed by atoms with van der Waals surface area (Å²) in [6.45, 7) is 11.3. The molecule has 0 radical (unpaired) electrons. The van der Waals surface area contributed by atoms with Crippen LogP contribution < -0.4 is 0 Å². The molecule has 2 saturated carbocycles. The molecule has 5 fully saturated rings. The van der Waals surface area contributed by atoms with Crippen LogP contribution >= 0.6 is 0 Å². The molecule has 9 nitrogen and oxygen atoms in total. The molecule has 0 aromatic rings. The van der Waals surface area contributed by atoms with Crippen molar-refractivity contribution in [1.82, 2.24) is 0 Å². The predicted octanol–water partition coefficient (Wildman–Crippen LogP) is 3.61. The fraction of sp³-hybridized carbons (Fsp3) is 0.706. The highest BCUT2D eigenvalue weighted by Crippen LogP contribution is 2.72. The minimum Gasteiger partial charge on any atom is -0.393 e. The Morgan fingerprint density at radius 1 is 1.12 bits per heavy atom. The lowest BCUT2D eigenvalue weighted by Gasteiger charge is -2.59. The van der Waals surface area contributed by atoms with Gasteiger partial charge in [0.2, 0.25) is 0 Å². The highest BCUT2D eigenvalue weighted by Gasteiger charge is 2.88. The van der Waals surface area contributed by atoms with Crippen molar-refractivity contribution in [2.45, 2.75) is 126 Å². The van der Waals surface area contributed by atoms with Crippen LogP contribution in [-0.2, 0) is 28.5 Å². The summed E-state index contributed by atoms with van der Waals surface area (Å²) in [5.74, 6) is -4.10. The second-order valence-corrected chi connectivity index (χ2v) is 13.7. The zero-order valence-electron chi connectivity index (χ0n) is 25.7. The van der Waals surface area contributed by atoms with Gasteiger partial charge in [-0.2, -0.15) is 0 Å². The minimum atomic E-state index is -2.27. The van der Waals surface area contributed by atoms with Crippen molar-refractivity contribution in [2.75, 3.05) is 6.61 Å². The Kier molecular flexibility index (Phi) is 7.61. The summed E-state index contributed by atoms with van der Waals surface area (Å²) < 4.78 is 26.3. The molecule has 9 heteroatoms. The van der Waals surface area contributed by atoms with Gasteiger partial charge in [0, 0.05) is 24.3 Å². The Morgan fingerprint density at radius 2 is 1.84 bits per heavy atom. The summed E-state index contributed by atoms with van der Waals surface area (Å²) in [6, 6.07) is 0. The van der Waals surface area contributed by atoms with Gasteiger partial charge in [-0.3, -0.25) is 9.59 Å². The number of aliphatic hydroxyl groups excluding tert-OH is 2. The summed E-state index contributed by atoms with van der Waals surface area (Å²) in [7, 11) is 0. The van der Waals surface area contributed by atoms with Crippen molar-refractivity contribution in [3.8, 4) is 0 Å². The molecule has 43 heavy (non-hydrogen) atoms. The first-order valence-electron chi connectivity index (χ1n) is 15.9. The van der Waals surface area contributed by atoms with Crippen molar-refractivity contribution in [2.24, 2.45) is 17.8 Å². The Morgan fingerprint density at radius 3 is 2.53 bits per heavy atom. The van der Waals surface area contributed by atoms with Crippen LogP contribution in [0, 0.1) is 17.8 Å². The molecule has 3 N–H and O–H groups in total. The number of carbonyl (C=O) groups is 2. The number of hydrogen-bond donors (Lipinski definition) is 3. The summed E-state index contributed by atoms with van der Waals surface area (Å²) in [5.41, 5.74) is -4.99. The third-order valence-corrected chi connectivity index (χ3v) is 11.1. The highest BCUT2D eigenvalue weighted by molar-refractivity contribution is 6.05. The van der Waals surface area contributed by atoms with Gasteiger partial charge in [-0.15, -0.1) is 0 Å². The van der Waals surface area contributed by atoms with Crippen molar-refractivity contribution in [3.63, 3.8) is 0 Å². The molecule has 236 valence electrons. The molecule has 3 aliphatic carbocycles. The number of fused-ring (bicyclic) bond motifs is 3. The van der Waals surface area contributed by atoms with Crippen LogP contribution in [0.3, 0.4) is 0 Å². The molecule has 6 rings (SSSR count). The van der Waals surface area contributed by atoms with Gasteiger partial charge in [0.05, 0.1) is 12.2 Å². The first kappa shape index (κ1) is 31.0. The highest BCUT2D eigenvalue weighted by atomic mass is 16.9. The van der Waals surface area contributed by atoms with E-state index >= 15 is 0 Å². The van der Waals surface area contributed by atoms with Crippen molar-refractivity contribution >= 4 is 11.6 Å². The minimum absolute atomic E-state index is 0.0400. The van der Waals surface area contributed by atoms with E-state index in [1.807, 2.05) is 13.8 Å². The molecule has 3 heterocycles. The van der Waals surface area contributed by atoms with Crippen LogP contribution in [0.4, 0.5) is 0 Å². The van der Waals surface area contributed by atoms with E-state index in [2.05, 4.69) is 13.5 Å². The zero-order chi connectivity index (χ0) is 31.0. The summed E-state index contributed by atoms with van der Waals surface area (Å²) in [4.78, 5) is 26.0. The Balaban J connectivity index is 1.33. The lowest BCUT2D eigenvalue weighted by atomic mass is 9.54. The Hall–Kier alpha value is -1.98. The van der Waals surface area contributed by atoms with Gasteiger partial charge < -0.3 is 34.3 Å². The second-order valence-electron chi connectivity index (χ2n) is 13.7. The fourth-order valence-corrected chi connectivity index (χ4v) is 8.92. The van der Waals surface area contributed by atoms with Gasteiger partial charge in [0.1, 0.15) is 29.5 Å². The zero-order valence-corrected chi connectivity index (χ0v) is 25.7. The quantitative estimate of drug-likeness (QED) is 0.101. The first-order valence-corrected chi connectivity index (χ1v) is 15.9. The van der Waals surface area contributed by atoms with Crippen LogP contribution in [0.25, 0.3) is 0 Å². The fourth-order valence-electron chi connectivity index (χ4n) is 8.92. The number of carbonyl (C=O) groups excluding carboxylic acids is 2. The Bertz CT molecular complexity index is 1290. The number of allylic oxidation sites excluding steroid dienone is 3. The first-order chi connectivity index (χ1) is 20.4. The maximum Gasteiger partial charge on any atom is 0.306 e. The van der Waals surface area contributed by atoms with Crippen molar-refractivity contribution < 1.29 is 43.9 Å². The topological polar surface area (TPSA) is 135 Å². The van der Waals surface area contributed by atoms with E-state index in [4.69, 9.17) is 18.9 Å². The van der Waals surface area contributed by atoms with Gasteiger partial charge in [-0.25, -0.2) is 0 Å². The van der Waals surface area contributed by atoms with Gasteiger partial charge in [-0.05, 0) is 49.8 Å². The van der Waals surface area contributed by atoms with Gasteiger partial charge in [0.15, 0.2) is 17.2 Å². The van der Waals surface area contributed by atoms with Crippen LogP contribution in [0.15, 0.2) is 48.1 Å². The number of ketones is 2. The number of ether oxygens (including phenoxy) is 4. The lowest BCUT2D eigenvalue weighted by molar-refractivity contribution is -0.406. The standard InChI is InChI=1S/C34H46O9/c1-6-7-8-9-10-11-14-23(36)15-12-13-16-32-41-27-25-28-31(19-35,40-28)29(38)33(39)24(17-21(4)26(33)37)34(25,43-32)22(5)18-30(27,42-32)20(2)3/h12-13,15-17,22,24-25,27-29,35,38-39H,2,6-11,14,18-19H2,1,3-5H3/b15-12-,16-13+/t22-,24-,25-,27-,28+,29-,30-,31+,32-,33-,34+/m1/s1. The van der Waals surface area contributed by atoms with E-state index in [-0.39, 0.29) is 11.7 Å². The number of epoxide rings is 1. The average molecular weight is 599 g/mol. The molecule has 0 amide bonds. The van der Waals surface area contributed by atoms with Crippen molar-refractivity contribution in [1.29, 1.82) is 0 Å². The van der Waals surface area contributed by atoms with Gasteiger partial charge in [-0.1, -0.05) is 70.8 Å². The van der Waals surface area contributed by atoms with E-state index in [0.29, 0.717) is 18.4 Å². The number of hydrogen-bond acceptors (Lipinski definition) is 9. The molecule has 0 aromatic carbocycles. The number of unbranched alkanes of at least 4 members (excludes halogenated alkanes) is 5. The van der Waals surface area contributed by atoms with E-state index in [1.54, 1.807) is 31.2 Å². The maximum absolute atomic E-state index is 13.5. The number of aliphatic hydroxyl groups is 3. The van der Waals surface area contributed by atoms with E-state index in [0.717, 1.165) is 24.8 Å². The van der Waals surface area contributed by atoms with Crippen LogP contribution in [-0.4, -0.2) is 80.2 Å². The third kappa shape index (κ3) is 4.15. The Labute approximate surface area is 253 Å². The number of Topliss-reactive ketones (excluding diaryl/α,β-unsaturated/α-hetero) is 1. The van der Waals surface area contributed by atoms with Gasteiger partial charge in [0.25, 0.3) is 0 Å². The summed E-state index contributed by atoms with van der Waals surface area (Å²) in [6.07, 6.45) is 12.7. The maximum atomic E-state index is 13.5. The van der Waals surface area contributed by atoms with Crippen molar-refractivity contribution in [3.05, 3.63) is 48.1 Å². The second kappa shape index (κ2) is 10.5. The van der Waals surface area contributed by atoms with Crippen LogP contribution in [0.5, 0.6) is 0 Å². The average Bonchev–Trinajstić information content (AvgIpc) is 3.61. The molecule has 0 aromatic heterocycles. The van der Waals surface area contributed by atoms with E-state index < -0.39 is 70.9 Å². The normalized spacial score (nSPS) is 47.4. The molecule has 3 bridgehead atoms. The molecular weight excluding hydrogens is 552 g/mol. The lowest BCUT2D eigenvalue weighted by Crippen LogP contribution is -2.72. The van der Waals surface area contributed by atoms with Gasteiger partial charge >= 0.3 is 5.97 Å².